The Morgan fingerprint density at radius 3 is 2.61 bits per heavy atom. The van der Waals surface area contributed by atoms with Gasteiger partial charge in [0.2, 0.25) is 5.91 Å². The van der Waals surface area contributed by atoms with E-state index in [1.54, 1.807) is 31.0 Å². The molecular formula is C24H27N5O3S. The second-order valence-corrected chi connectivity index (χ2v) is 9.18. The van der Waals surface area contributed by atoms with E-state index in [1.807, 2.05) is 39.0 Å². The van der Waals surface area contributed by atoms with Gasteiger partial charge < -0.3 is 15.5 Å². The lowest BCUT2D eigenvalue weighted by atomic mass is 9.94. The monoisotopic (exact) mass is 465 g/mol. The highest BCUT2D eigenvalue weighted by molar-refractivity contribution is 7.07. The van der Waals surface area contributed by atoms with Crippen LogP contribution < -0.4 is 30.3 Å². The molecule has 0 saturated heterocycles. The number of hydrogen-bond donors (Lipinski definition) is 2. The summed E-state index contributed by atoms with van der Waals surface area (Å²) in [7, 11) is 1.71. The van der Waals surface area contributed by atoms with E-state index in [4.69, 9.17) is 6.42 Å². The molecule has 1 aromatic heterocycles. The van der Waals surface area contributed by atoms with Gasteiger partial charge in [-0.2, -0.15) is 5.26 Å². The average molecular weight is 466 g/mol. The maximum Gasteiger partial charge on any atom is 0.270 e. The molecule has 0 aliphatic rings. The summed E-state index contributed by atoms with van der Waals surface area (Å²) < 4.78 is 1.96. The van der Waals surface area contributed by atoms with Gasteiger partial charge in [0, 0.05) is 36.6 Å². The molecule has 9 heteroatoms. The summed E-state index contributed by atoms with van der Waals surface area (Å²) in [5.74, 6) is 1.62. The molecule has 0 fully saturated rings. The largest absolute Gasteiger partial charge is 0.360 e. The lowest BCUT2D eigenvalue weighted by molar-refractivity contribution is -0.125. The first kappa shape index (κ1) is 25.4. The Morgan fingerprint density at radius 1 is 1.33 bits per heavy atom. The van der Waals surface area contributed by atoms with E-state index in [-0.39, 0.29) is 28.2 Å². The Labute approximate surface area is 196 Å². The van der Waals surface area contributed by atoms with Crippen LogP contribution in [0.3, 0.4) is 0 Å². The third-order valence-electron chi connectivity index (χ3n) is 4.68. The molecule has 172 valence electrons. The van der Waals surface area contributed by atoms with Crippen LogP contribution in [0.1, 0.15) is 27.7 Å². The zero-order chi connectivity index (χ0) is 24.8. The van der Waals surface area contributed by atoms with Crippen LogP contribution >= 0.6 is 11.3 Å². The quantitative estimate of drug-likeness (QED) is 0.624. The van der Waals surface area contributed by atoms with Gasteiger partial charge in [0.25, 0.3) is 11.5 Å². The Kier molecular flexibility index (Phi) is 8.22. The van der Waals surface area contributed by atoms with Crippen LogP contribution in [0.5, 0.6) is 0 Å². The van der Waals surface area contributed by atoms with E-state index in [2.05, 4.69) is 16.6 Å². The molecule has 2 amide bonds. The molecule has 2 aromatic rings. The number of amides is 2. The minimum absolute atomic E-state index is 0.0191. The molecule has 1 aromatic carbocycles. The summed E-state index contributed by atoms with van der Waals surface area (Å²) >= 11 is 1.04. The van der Waals surface area contributed by atoms with Gasteiger partial charge in [-0.25, -0.2) is 0 Å². The third-order valence-corrected chi connectivity index (χ3v) is 5.81. The summed E-state index contributed by atoms with van der Waals surface area (Å²) in [4.78, 5) is 39.3. The lowest BCUT2D eigenvalue weighted by Crippen LogP contribution is -2.36. The van der Waals surface area contributed by atoms with Crippen molar-refractivity contribution in [2.24, 2.45) is 5.41 Å². The number of terminal acetylenes is 1. The maximum absolute atomic E-state index is 12.8. The molecule has 33 heavy (non-hydrogen) atoms. The number of aromatic nitrogens is 1. The molecule has 0 bridgehead atoms. The number of anilines is 2. The first-order valence-electron chi connectivity index (χ1n) is 10.3. The molecule has 0 radical (unpaired) electrons. The summed E-state index contributed by atoms with van der Waals surface area (Å²) in [6.07, 6.45) is 6.69. The summed E-state index contributed by atoms with van der Waals surface area (Å²) in [5.41, 5.74) is 0.368. The smallest absolute Gasteiger partial charge is 0.270 e. The Morgan fingerprint density at radius 2 is 2.03 bits per heavy atom. The van der Waals surface area contributed by atoms with Gasteiger partial charge in [-0.3, -0.25) is 19.0 Å². The SMILES string of the molecule is C#CCNC(=O)/C(C#N)=c1\s/c(=C/Nc2cccc(N(C)C(=O)C(C)(C)C)c2)c(=O)n1CC. The number of benzene rings is 1. The topological polar surface area (TPSA) is 107 Å². The highest BCUT2D eigenvalue weighted by Gasteiger charge is 2.25. The van der Waals surface area contributed by atoms with E-state index < -0.39 is 11.3 Å². The fourth-order valence-corrected chi connectivity index (χ4v) is 4.07. The predicted octanol–water partition coefficient (Wildman–Crippen LogP) is 1.21. The van der Waals surface area contributed by atoms with Crippen LogP contribution in [0, 0.1) is 29.1 Å². The van der Waals surface area contributed by atoms with Crippen molar-refractivity contribution in [2.45, 2.75) is 34.2 Å². The number of hydrogen-bond acceptors (Lipinski definition) is 6. The molecular weight excluding hydrogens is 438 g/mol. The van der Waals surface area contributed by atoms with Crippen molar-refractivity contribution in [3.8, 4) is 18.4 Å². The van der Waals surface area contributed by atoms with E-state index in [1.165, 1.54) is 10.8 Å². The molecule has 0 aliphatic carbocycles. The number of nitrogens with one attached hydrogen (secondary N) is 2. The maximum atomic E-state index is 12.8. The highest BCUT2D eigenvalue weighted by Crippen LogP contribution is 2.24. The third kappa shape index (κ3) is 5.91. The van der Waals surface area contributed by atoms with Crippen molar-refractivity contribution in [3.05, 3.63) is 43.8 Å². The fraction of sp³-hybridized carbons (Fsp3) is 0.333. The number of carbonyl (C=O) groups is 2. The van der Waals surface area contributed by atoms with Crippen LogP contribution in [0.25, 0.3) is 11.8 Å². The fourth-order valence-electron chi connectivity index (χ4n) is 2.98. The normalized spacial score (nSPS) is 12.4. The van der Waals surface area contributed by atoms with E-state index in [0.29, 0.717) is 22.5 Å². The number of carbonyl (C=O) groups excluding carboxylic acids is 2. The molecule has 1 heterocycles. The lowest BCUT2D eigenvalue weighted by Gasteiger charge is -2.26. The van der Waals surface area contributed by atoms with Crippen LogP contribution in [-0.4, -0.2) is 30.0 Å². The van der Waals surface area contributed by atoms with Crippen molar-refractivity contribution >= 4 is 46.3 Å². The van der Waals surface area contributed by atoms with Crippen LogP contribution in [0.15, 0.2) is 29.1 Å². The van der Waals surface area contributed by atoms with Crippen LogP contribution in [-0.2, 0) is 16.1 Å². The Hall–Kier alpha value is -3.82. The minimum Gasteiger partial charge on any atom is -0.360 e. The number of nitrogens with zero attached hydrogens (tertiary/aromatic N) is 3. The van der Waals surface area contributed by atoms with E-state index >= 15 is 0 Å². The van der Waals surface area contributed by atoms with Crippen molar-refractivity contribution in [1.82, 2.24) is 9.88 Å². The second-order valence-electron chi connectivity index (χ2n) is 8.15. The van der Waals surface area contributed by atoms with E-state index in [0.717, 1.165) is 11.3 Å². The molecule has 8 nitrogen and oxygen atoms in total. The molecule has 2 N–H and O–H groups in total. The number of thiazole rings is 1. The van der Waals surface area contributed by atoms with E-state index in [9.17, 15) is 19.6 Å². The van der Waals surface area contributed by atoms with Gasteiger partial charge in [0.15, 0.2) is 5.57 Å². The summed E-state index contributed by atoms with van der Waals surface area (Å²) in [5, 5.41) is 15.0. The van der Waals surface area contributed by atoms with Gasteiger partial charge in [-0.1, -0.05) is 32.8 Å². The molecule has 0 aliphatic heterocycles. The Bertz CT molecular complexity index is 1320. The van der Waals surface area contributed by atoms with Gasteiger partial charge in [-0.15, -0.1) is 17.8 Å². The van der Waals surface area contributed by atoms with Gasteiger partial charge in [-0.05, 0) is 25.1 Å². The van der Waals surface area contributed by atoms with Crippen molar-refractivity contribution in [1.29, 1.82) is 5.26 Å². The standard InChI is InChI=1S/C24H27N5O3S/c1-7-12-26-20(30)18(14-25)22-29(8-2)21(31)19(33-22)15-27-16-10-9-11-17(13-16)28(6)23(32)24(3,4)5/h1,9-11,13,15,27H,8,12H2,2-6H3,(H,26,30)/b19-15+,22-18-. The molecule has 0 saturated carbocycles. The number of nitriles is 1. The number of rotatable bonds is 6. The van der Waals surface area contributed by atoms with Crippen LogP contribution in [0.2, 0.25) is 0 Å². The zero-order valence-electron chi connectivity index (χ0n) is 19.4. The first-order chi connectivity index (χ1) is 15.5. The second kappa shape index (κ2) is 10.7. The molecule has 0 atom stereocenters. The van der Waals surface area contributed by atoms with Gasteiger partial charge in [0.05, 0.1) is 6.54 Å². The van der Waals surface area contributed by atoms with Crippen molar-refractivity contribution in [2.75, 3.05) is 23.8 Å². The molecule has 0 spiro atoms. The zero-order valence-corrected chi connectivity index (χ0v) is 20.2. The Balaban J connectivity index is 2.47. The summed E-state index contributed by atoms with van der Waals surface area (Å²) in [6, 6.07) is 9.11. The van der Waals surface area contributed by atoms with Crippen LogP contribution in [0.4, 0.5) is 11.4 Å². The van der Waals surface area contributed by atoms with Crippen molar-refractivity contribution < 1.29 is 9.59 Å². The average Bonchev–Trinajstić information content (AvgIpc) is 3.10. The summed E-state index contributed by atoms with van der Waals surface area (Å²) in [6.45, 7) is 7.60. The highest BCUT2D eigenvalue weighted by atomic mass is 32.1. The predicted molar refractivity (Wildman–Crippen MR) is 132 cm³/mol. The van der Waals surface area contributed by atoms with Gasteiger partial charge in [0.1, 0.15) is 15.3 Å². The van der Waals surface area contributed by atoms with Gasteiger partial charge >= 0.3 is 0 Å². The molecule has 2 rings (SSSR count). The minimum atomic E-state index is -0.627. The molecule has 0 unspecified atom stereocenters. The van der Waals surface area contributed by atoms with Crippen molar-refractivity contribution in [3.63, 3.8) is 0 Å². The first-order valence-corrected chi connectivity index (χ1v) is 11.1.